The Bertz CT molecular complexity index is 635. The predicted molar refractivity (Wildman–Crippen MR) is 87.0 cm³/mol. The summed E-state index contributed by atoms with van der Waals surface area (Å²) in [7, 11) is 0. The second-order valence-corrected chi connectivity index (χ2v) is 6.32. The van der Waals surface area contributed by atoms with Crippen LogP contribution in [0.25, 0.3) is 0 Å². The molecule has 4 rings (SSSR count). The molecule has 2 atom stereocenters. The number of anilines is 1. The molecule has 2 aliphatic rings. The van der Waals surface area contributed by atoms with E-state index in [9.17, 15) is 0 Å². The lowest BCUT2D eigenvalue weighted by molar-refractivity contribution is 0.180. The van der Waals surface area contributed by atoms with Crippen LogP contribution in [0.5, 0.6) is 0 Å². The zero-order valence-corrected chi connectivity index (χ0v) is 12.3. The maximum Gasteiger partial charge on any atom is 0.0360 e. The van der Waals surface area contributed by atoms with Gasteiger partial charge in [-0.3, -0.25) is 4.90 Å². The number of nitrogens with two attached hydrogens (primary N) is 1. The highest BCUT2D eigenvalue weighted by molar-refractivity contribution is 5.48. The van der Waals surface area contributed by atoms with E-state index in [1.165, 1.54) is 48.9 Å². The van der Waals surface area contributed by atoms with Crippen LogP contribution in [0.3, 0.4) is 0 Å². The number of hydrogen-bond donors (Lipinski definition) is 1. The first-order valence-corrected chi connectivity index (χ1v) is 8.02. The Balaban J connectivity index is 1.65. The number of likely N-dealkylation sites (tertiary alicyclic amines) is 1. The summed E-state index contributed by atoms with van der Waals surface area (Å²) in [5, 5.41) is 0. The number of fused-ring (bicyclic) bond motifs is 1. The number of aryl methyl sites for hydroxylation is 1. The Labute approximate surface area is 126 Å². The first kappa shape index (κ1) is 12.9. The van der Waals surface area contributed by atoms with Gasteiger partial charge < -0.3 is 5.73 Å². The topological polar surface area (TPSA) is 29.3 Å². The van der Waals surface area contributed by atoms with E-state index in [2.05, 4.69) is 53.4 Å². The van der Waals surface area contributed by atoms with Crippen LogP contribution in [-0.4, -0.2) is 11.4 Å². The van der Waals surface area contributed by atoms with Crippen LogP contribution in [0.15, 0.2) is 48.5 Å². The Morgan fingerprint density at radius 2 is 1.81 bits per heavy atom. The fraction of sp³-hybridized carbons (Fsp3) is 0.368. The quantitative estimate of drug-likeness (QED) is 0.838. The lowest BCUT2D eigenvalue weighted by Crippen LogP contribution is -2.27. The monoisotopic (exact) mass is 278 g/mol. The van der Waals surface area contributed by atoms with Crippen LogP contribution >= 0.6 is 0 Å². The number of rotatable bonds is 2. The van der Waals surface area contributed by atoms with Gasteiger partial charge in [0.1, 0.15) is 0 Å². The normalized spacial score (nSPS) is 25.1. The molecule has 1 aliphatic carbocycles. The average Bonchev–Trinajstić information content (AvgIpc) is 3.13. The first-order valence-electron chi connectivity index (χ1n) is 8.02. The molecular formula is C19H22N2. The minimum absolute atomic E-state index is 0.577. The average molecular weight is 278 g/mol. The minimum atomic E-state index is 0.577. The van der Waals surface area contributed by atoms with Crippen LogP contribution in [0.4, 0.5) is 5.69 Å². The van der Waals surface area contributed by atoms with Gasteiger partial charge in [-0.1, -0.05) is 36.4 Å². The van der Waals surface area contributed by atoms with E-state index in [0.29, 0.717) is 12.1 Å². The van der Waals surface area contributed by atoms with Gasteiger partial charge in [-0.05, 0) is 61.1 Å². The second-order valence-electron chi connectivity index (χ2n) is 6.32. The van der Waals surface area contributed by atoms with E-state index in [-0.39, 0.29) is 0 Å². The van der Waals surface area contributed by atoms with Crippen LogP contribution < -0.4 is 5.73 Å². The Hall–Kier alpha value is -1.80. The molecule has 21 heavy (non-hydrogen) atoms. The summed E-state index contributed by atoms with van der Waals surface area (Å²) in [6, 6.07) is 18.6. The van der Waals surface area contributed by atoms with Crippen molar-refractivity contribution < 1.29 is 0 Å². The Morgan fingerprint density at radius 1 is 0.952 bits per heavy atom. The van der Waals surface area contributed by atoms with Crippen LogP contribution in [-0.2, 0) is 6.42 Å². The van der Waals surface area contributed by atoms with Crippen molar-refractivity contribution in [2.45, 2.75) is 37.8 Å². The zero-order chi connectivity index (χ0) is 14.2. The van der Waals surface area contributed by atoms with E-state index in [1.54, 1.807) is 0 Å². The van der Waals surface area contributed by atoms with Gasteiger partial charge in [0, 0.05) is 17.8 Å². The summed E-state index contributed by atoms with van der Waals surface area (Å²) < 4.78 is 0. The number of hydrogen-bond acceptors (Lipinski definition) is 2. The van der Waals surface area contributed by atoms with Crippen molar-refractivity contribution in [1.29, 1.82) is 0 Å². The van der Waals surface area contributed by atoms with Crippen LogP contribution in [0, 0.1) is 0 Å². The third kappa shape index (κ3) is 2.24. The largest absolute Gasteiger partial charge is 0.399 e. The highest BCUT2D eigenvalue weighted by Crippen LogP contribution is 2.44. The van der Waals surface area contributed by atoms with Gasteiger partial charge in [-0.15, -0.1) is 0 Å². The number of nitrogen functional groups attached to an aromatic ring is 1. The lowest BCUT2D eigenvalue weighted by Gasteiger charge is -2.31. The summed E-state index contributed by atoms with van der Waals surface area (Å²) in [5.74, 6) is 0. The molecule has 1 heterocycles. The Kier molecular flexibility index (Phi) is 3.19. The molecule has 0 amide bonds. The van der Waals surface area contributed by atoms with Gasteiger partial charge in [0.15, 0.2) is 0 Å². The predicted octanol–water partition coefficient (Wildman–Crippen LogP) is 4.09. The maximum atomic E-state index is 5.93. The van der Waals surface area contributed by atoms with Crippen molar-refractivity contribution in [3.8, 4) is 0 Å². The van der Waals surface area contributed by atoms with Gasteiger partial charge >= 0.3 is 0 Å². The minimum Gasteiger partial charge on any atom is -0.399 e. The molecule has 2 unspecified atom stereocenters. The summed E-state index contributed by atoms with van der Waals surface area (Å²) in [4.78, 5) is 2.72. The standard InChI is InChI=1S/C19H22N2/c20-16-9-10-17-15(13-16)8-11-19(17)21-12-4-7-18(21)14-5-2-1-3-6-14/h1-3,5-6,9-10,13,18-19H,4,7-8,11-12,20H2. The van der Waals surface area contributed by atoms with Crippen molar-refractivity contribution >= 4 is 5.69 Å². The SMILES string of the molecule is Nc1ccc2c(c1)CCC2N1CCCC1c1ccccc1. The van der Waals surface area contributed by atoms with Crippen molar-refractivity contribution in [3.05, 3.63) is 65.2 Å². The molecule has 1 saturated heterocycles. The lowest BCUT2D eigenvalue weighted by atomic mass is 10.0. The fourth-order valence-corrected chi connectivity index (χ4v) is 4.15. The molecule has 0 radical (unpaired) electrons. The molecule has 2 aromatic carbocycles. The van der Waals surface area contributed by atoms with Crippen molar-refractivity contribution in [1.82, 2.24) is 4.90 Å². The molecule has 0 spiro atoms. The van der Waals surface area contributed by atoms with E-state index < -0.39 is 0 Å². The fourth-order valence-electron chi connectivity index (χ4n) is 4.15. The number of nitrogens with zero attached hydrogens (tertiary/aromatic N) is 1. The van der Waals surface area contributed by atoms with E-state index in [1.807, 2.05) is 0 Å². The van der Waals surface area contributed by atoms with Gasteiger partial charge in [0.05, 0.1) is 0 Å². The van der Waals surface area contributed by atoms with Gasteiger partial charge in [-0.2, -0.15) is 0 Å². The molecule has 108 valence electrons. The highest BCUT2D eigenvalue weighted by Gasteiger charge is 2.35. The summed E-state index contributed by atoms with van der Waals surface area (Å²) in [5.41, 5.74) is 11.3. The molecule has 1 fully saturated rings. The van der Waals surface area contributed by atoms with Crippen LogP contribution in [0.2, 0.25) is 0 Å². The number of benzene rings is 2. The van der Waals surface area contributed by atoms with Gasteiger partial charge in [-0.25, -0.2) is 0 Å². The molecule has 0 saturated carbocycles. The highest BCUT2D eigenvalue weighted by atomic mass is 15.2. The second kappa shape index (κ2) is 5.19. The third-order valence-electron chi connectivity index (χ3n) is 5.09. The first-order chi connectivity index (χ1) is 10.3. The summed E-state index contributed by atoms with van der Waals surface area (Å²) in [6.45, 7) is 1.22. The summed E-state index contributed by atoms with van der Waals surface area (Å²) in [6.07, 6.45) is 5.00. The molecular weight excluding hydrogens is 256 g/mol. The third-order valence-corrected chi connectivity index (χ3v) is 5.09. The molecule has 2 N–H and O–H groups in total. The molecule has 2 aromatic rings. The molecule has 1 aliphatic heterocycles. The molecule has 2 nitrogen and oxygen atoms in total. The van der Waals surface area contributed by atoms with E-state index >= 15 is 0 Å². The van der Waals surface area contributed by atoms with Crippen LogP contribution in [0.1, 0.15) is 48.0 Å². The smallest absolute Gasteiger partial charge is 0.0360 e. The van der Waals surface area contributed by atoms with Gasteiger partial charge in [0.25, 0.3) is 0 Å². The molecule has 0 bridgehead atoms. The zero-order valence-electron chi connectivity index (χ0n) is 12.3. The van der Waals surface area contributed by atoms with E-state index in [0.717, 1.165) is 5.69 Å². The van der Waals surface area contributed by atoms with E-state index in [4.69, 9.17) is 5.73 Å². The maximum absolute atomic E-state index is 5.93. The molecule has 2 heteroatoms. The van der Waals surface area contributed by atoms with Crippen molar-refractivity contribution in [3.63, 3.8) is 0 Å². The van der Waals surface area contributed by atoms with Gasteiger partial charge in [0.2, 0.25) is 0 Å². The molecule has 0 aromatic heterocycles. The van der Waals surface area contributed by atoms with Crippen molar-refractivity contribution in [2.24, 2.45) is 0 Å². The van der Waals surface area contributed by atoms with Crippen molar-refractivity contribution in [2.75, 3.05) is 12.3 Å². The Morgan fingerprint density at radius 3 is 2.67 bits per heavy atom. The summed E-state index contributed by atoms with van der Waals surface area (Å²) >= 11 is 0.